The zero-order chi connectivity index (χ0) is 12.6. The van der Waals surface area contributed by atoms with Crippen LogP contribution in [0.2, 0.25) is 0 Å². The Balaban J connectivity index is 2.31. The van der Waals surface area contributed by atoms with E-state index in [9.17, 15) is 5.11 Å². The molecule has 0 aliphatic heterocycles. The fraction of sp³-hybridized carbons (Fsp3) is 0.545. The summed E-state index contributed by atoms with van der Waals surface area (Å²) in [6.45, 7) is 6.19. The van der Waals surface area contributed by atoms with Crippen LogP contribution in [0.5, 0.6) is 0 Å². The zero-order valence-corrected chi connectivity index (χ0v) is 10.5. The molecule has 0 amide bonds. The quantitative estimate of drug-likeness (QED) is 0.851. The highest BCUT2D eigenvalue weighted by molar-refractivity contribution is 5.26. The van der Waals surface area contributed by atoms with Crippen LogP contribution in [0.4, 0.5) is 0 Å². The number of hydrogen-bond acceptors (Lipinski definition) is 4. The van der Waals surface area contributed by atoms with Gasteiger partial charge in [-0.2, -0.15) is 5.10 Å². The Kier molecular flexibility index (Phi) is 2.97. The van der Waals surface area contributed by atoms with Gasteiger partial charge in [-0.1, -0.05) is 5.21 Å². The van der Waals surface area contributed by atoms with Crippen molar-refractivity contribution in [2.75, 3.05) is 0 Å². The Labute approximate surface area is 99.9 Å². The van der Waals surface area contributed by atoms with Crippen LogP contribution >= 0.6 is 0 Å². The number of aliphatic hydroxyl groups excluding tert-OH is 1. The average Bonchev–Trinajstić information content (AvgIpc) is 2.73. The maximum atomic E-state index is 9.68. The third kappa shape index (κ3) is 2.21. The molecule has 0 aliphatic carbocycles. The van der Waals surface area contributed by atoms with Gasteiger partial charge in [0.1, 0.15) is 5.69 Å². The molecule has 6 nitrogen and oxygen atoms in total. The molecule has 0 spiro atoms. The first-order valence-electron chi connectivity index (χ1n) is 5.56. The topological polar surface area (TPSA) is 68.8 Å². The molecule has 0 bridgehead atoms. The number of aryl methyl sites for hydroxylation is 2. The predicted octanol–water partition coefficient (Wildman–Crippen LogP) is 0.730. The molecule has 92 valence electrons. The lowest BCUT2D eigenvalue weighted by atomic mass is 10.1. The predicted molar refractivity (Wildman–Crippen MR) is 62.4 cm³/mol. The Bertz CT molecular complexity index is 526. The van der Waals surface area contributed by atoms with Crippen molar-refractivity contribution < 1.29 is 5.11 Å². The summed E-state index contributed by atoms with van der Waals surface area (Å²) in [4.78, 5) is 0. The van der Waals surface area contributed by atoms with Crippen molar-refractivity contribution >= 4 is 0 Å². The van der Waals surface area contributed by atoms with Gasteiger partial charge >= 0.3 is 0 Å². The monoisotopic (exact) mass is 235 g/mol. The lowest BCUT2D eigenvalue weighted by Crippen LogP contribution is -2.05. The van der Waals surface area contributed by atoms with Gasteiger partial charge in [0.15, 0.2) is 0 Å². The lowest BCUT2D eigenvalue weighted by Gasteiger charge is -2.05. The summed E-state index contributed by atoms with van der Waals surface area (Å²) in [5, 5.41) is 22.0. The first-order chi connectivity index (χ1) is 7.99. The van der Waals surface area contributed by atoms with Crippen LogP contribution in [-0.4, -0.2) is 29.9 Å². The molecule has 2 aromatic heterocycles. The summed E-state index contributed by atoms with van der Waals surface area (Å²) < 4.78 is 3.51. The van der Waals surface area contributed by atoms with Gasteiger partial charge in [0, 0.05) is 24.5 Å². The summed E-state index contributed by atoms with van der Waals surface area (Å²) in [5.74, 6) is 0. The molecule has 0 saturated carbocycles. The summed E-state index contributed by atoms with van der Waals surface area (Å²) in [5.41, 5.74) is 3.59. The number of aromatic nitrogens is 5. The maximum absolute atomic E-state index is 9.68. The molecule has 2 rings (SSSR count). The molecule has 0 aliphatic rings. The molecule has 1 N–H and O–H groups in total. The lowest BCUT2D eigenvalue weighted by molar-refractivity contribution is 0.197. The van der Waals surface area contributed by atoms with Crippen molar-refractivity contribution in [3.05, 3.63) is 28.8 Å². The SMILES string of the molecule is Cc1nn(Cc2cn(C)nn2)c(C)c1C(C)O. The first kappa shape index (κ1) is 11.8. The van der Waals surface area contributed by atoms with E-state index in [4.69, 9.17) is 0 Å². The fourth-order valence-electron chi connectivity index (χ4n) is 2.09. The van der Waals surface area contributed by atoms with E-state index < -0.39 is 6.10 Å². The van der Waals surface area contributed by atoms with Crippen molar-refractivity contribution in [2.24, 2.45) is 7.05 Å². The summed E-state index contributed by atoms with van der Waals surface area (Å²) in [6.07, 6.45) is 1.36. The van der Waals surface area contributed by atoms with Gasteiger partial charge in [-0.3, -0.25) is 9.36 Å². The van der Waals surface area contributed by atoms with Gasteiger partial charge in [0.2, 0.25) is 0 Å². The van der Waals surface area contributed by atoms with E-state index in [0.717, 1.165) is 22.6 Å². The number of hydrogen-bond donors (Lipinski definition) is 1. The van der Waals surface area contributed by atoms with E-state index in [0.29, 0.717) is 6.54 Å². The van der Waals surface area contributed by atoms with Gasteiger partial charge < -0.3 is 5.11 Å². The molecule has 0 fully saturated rings. The fourth-order valence-corrected chi connectivity index (χ4v) is 2.09. The Morgan fingerprint density at radius 1 is 1.41 bits per heavy atom. The van der Waals surface area contributed by atoms with E-state index in [2.05, 4.69) is 15.4 Å². The van der Waals surface area contributed by atoms with Crippen LogP contribution in [0.25, 0.3) is 0 Å². The van der Waals surface area contributed by atoms with E-state index in [1.54, 1.807) is 11.6 Å². The molecular formula is C11H17N5O. The minimum Gasteiger partial charge on any atom is -0.389 e. The Hall–Kier alpha value is -1.69. The van der Waals surface area contributed by atoms with Crippen LogP contribution in [0, 0.1) is 13.8 Å². The molecule has 17 heavy (non-hydrogen) atoms. The third-order valence-electron chi connectivity index (χ3n) is 2.82. The molecule has 1 atom stereocenters. The van der Waals surface area contributed by atoms with Crippen LogP contribution < -0.4 is 0 Å². The summed E-state index contributed by atoms with van der Waals surface area (Å²) in [7, 11) is 1.83. The zero-order valence-electron chi connectivity index (χ0n) is 10.5. The molecule has 0 saturated heterocycles. The maximum Gasteiger partial charge on any atom is 0.104 e. The Morgan fingerprint density at radius 3 is 2.59 bits per heavy atom. The minimum absolute atomic E-state index is 0.495. The van der Waals surface area contributed by atoms with Crippen molar-refractivity contribution in [1.29, 1.82) is 0 Å². The van der Waals surface area contributed by atoms with Gasteiger partial charge in [0.05, 0.1) is 18.3 Å². The van der Waals surface area contributed by atoms with Crippen LogP contribution in [0.15, 0.2) is 6.20 Å². The van der Waals surface area contributed by atoms with Gasteiger partial charge in [-0.05, 0) is 20.8 Å². The van der Waals surface area contributed by atoms with Crippen molar-refractivity contribution in [3.8, 4) is 0 Å². The largest absolute Gasteiger partial charge is 0.389 e. The van der Waals surface area contributed by atoms with Crippen molar-refractivity contribution in [2.45, 2.75) is 33.4 Å². The Morgan fingerprint density at radius 2 is 2.12 bits per heavy atom. The smallest absolute Gasteiger partial charge is 0.104 e. The summed E-state index contributed by atoms with van der Waals surface area (Å²) in [6, 6.07) is 0. The second-order valence-electron chi connectivity index (χ2n) is 4.30. The highest BCUT2D eigenvalue weighted by Gasteiger charge is 2.16. The second-order valence-corrected chi connectivity index (χ2v) is 4.30. The van der Waals surface area contributed by atoms with E-state index in [1.807, 2.05) is 31.8 Å². The molecule has 6 heteroatoms. The van der Waals surface area contributed by atoms with Crippen LogP contribution in [-0.2, 0) is 13.6 Å². The van der Waals surface area contributed by atoms with Crippen molar-refractivity contribution in [3.63, 3.8) is 0 Å². The standard InChI is InChI=1S/C11H17N5O/c1-7-11(9(3)17)8(2)16(13-7)6-10-5-15(4)14-12-10/h5,9,17H,6H2,1-4H3. The average molecular weight is 235 g/mol. The van der Waals surface area contributed by atoms with E-state index in [-0.39, 0.29) is 0 Å². The molecule has 0 radical (unpaired) electrons. The third-order valence-corrected chi connectivity index (χ3v) is 2.82. The van der Waals surface area contributed by atoms with Gasteiger partial charge in [0.25, 0.3) is 0 Å². The van der Waals surface area contributed by atoms with Crippen LogP contribution in [0.3, 0.4) is 0 Å². The molecule has 2 heterocycles. The van der Waals surface area contributed by atoms with E-state index >= 15 is 0 Å². The number of rotatable bonds is 3. The van der Waals surface area contributed by atoms with Gasteiger partial charge in [-0.15, -0.1) is 5.10 Å². The second kappa shape index (κ2) is 4.29. The molecule has 2 aromatic rings. The number of aliphatic hydroxyl groups is 1. The van der Waals surface area contributed by atoms with E-state index in [1.165, 1.54) is 0 Å². The minimum atomic E-state index is -0.495. The van der Waals surface area contributed by atoms with Crippen molar-refractivity contribution in [1.82, 2.24) is 24.8 Å². The van der Waals surface area contributed by atoms with Gasteiger partial charge in [-0.25, -0.2) is 0 Å². The molecule has 0 aromatic carbocycles. The molecular weight excluding hydrogens is 218 g/mol. The normalized spacial score (nSPS) is 13.0. The number of nitrogens with zero attached hydrogens (tertiary/aromatic N) is 5. The molecule has 1 unspecified atom stereocenters. The summed E-state index contributed by atoms with van der Waals surface area (Å²) >= 11 is 0. The highest BCUT2D eigenvalue weighted by atomic mass is 16.3. The first-order valence-corrected chi connectivity index (χ1v) is 5.56. The highest BCUT2D eigenvalue weighted by Crippen LogP contribution is 2.21. The van der Waals surface area contributed by atoms with Crippen LogP contribution in [0.1, 0.15) is 35.7 Å².